The Balaban J connectivity index is 1.64. The van der Waals surface area contributed by atoms with Gasteiger partial charge in [-0.05, 0) is 41.6 Å². The molecule has 0 saturated carbocycles. The maximum absolute atomic E-state index is 12.6. The zero-order valence-electron chi connectivity index (χ0n) is 13.7. The second kappa shape index (κ2) is 8.19. The second-order valence-corrected chi connectivity index (χ2v) is 6.99. The van der Waals surface area contributed by atoms with E-state index in [0.717, 1.165) is 11.1 Å². The number of thiophene rings is 1. The number of carbonyl (C=O) groups excluding carboxylic acids is 1. The van der Waals surface area contributed by atoms with Gasteiger partial charge in [-0.3, -0.25) is 4.79 Å². The third-order valence-electron chi connectivity index (χ3n) is 3.79. The molecule has 0 aliphatic heterocycles. The summed E-state index contributed by atoms with van der Waals surface area (Å²) in [5.41, 5.74) is 2.07. The summed E-state index contributed by atoms with van der Waals surface area (Å²) in [6.07, 6.45) is 0. The van der Waals surface area contributed by atoms with Crippen LogP contribution < -0.4 is 10.1 Å². The molecule has 0 unspecified atom stereocenters. The molecule has 3 rings (SSSR count). The first-order chi connectivity index (χ1) is 12.1. The van der Waals surface area contributed by atoms with E-state index in [1.54, 1.807) is 0 Å². The smallest absolute Gasteiger partial charge is 0.265 e. The number of carbonyl (C=O) groups is 1. The maximum Gasteiger partial charge on any atom is 0.265 e. The van der Waals surface area contributed by atoms with Crippen LogP contribution in [0.5, 0.6) is 5.75 Å². The SMILES string of the molecule is C[C@@H](NC(=O)c1sccc1OCc1ccc(Cl)cc1)c1ccccc1. The molecule has 0 bridgehead atoms. The summed E-state index contributed by atoms with van der Waals surface area (Å²) in [5.74, 6) is 0.468. The molecular weight excluding hydrogens is 354 g/mol. The molecule has 1 amide bonds. The predicted molar refractivity (Wildman–Crippen MR) is 102 cm³/mol. The topological polar surface area (TPSA) is 38.3 Å². The molecule has 3 nitrogen and oxygen atoms in total. The number of hydrogen-bond acceptors (Lipinski definition) is 3. The minimum absolute atomic E-state index is 0.0695. The zero-order valence-corrected chi connectivity index (χ0v) is 15.3. The molecule has 0 aliphatic carbocycles. The third kappa shape index (κ3) is 4.62. The summed E-state index contributed by atoms with van der Waals surface area (Å²) in [6, 6.07) is 19.1. The molecule has 1 N–H and O–H groups in total. The van der Waals surface area contributed by atoms with E-state index in [9.17, 15) is 4.79 Å². The van der Waals surface area contributed by atoms with Gasteiger partial charge in [-0.15, -0.1) is 11.3 Å². The van der Waals surface area contributed by atoms with Gasteiger partial charge in [-0.1, -0.05) is 54.1 Å². The molecular formula is C20H18ClNO2S. The van der Waals surface area contributed by atoms with Crippen LogP contribution in [0.15, 0.2) is 66.0 Å². The molecule has 1 atom stereocenters. The lowest BCUT2D eigenvalue weighted by atomic mass is 10.1. The standard InChI is InChI=1S/C20H18ClNO2S/c1-14(16-5-3-2-4-6-16)22-20(23)19-18(11-12-25-19)24-13-15-7-9-17(21)10-8-15/h2-12,14H,13H2,1H3,(H,22,23)/t14-/m1/s1. The number of rotatable bonds is 6. The molecule has 0 fully saturated rings. The monoisotopic (exact) mass is 371 g/mol. The van der Waals surface area contributed by atoms with Gasteiger partial charge in [-0.25, -0.2) is 0 Å². The number of hydrogen-bond donors (Lipinski definition) is 1. The van der Waals surface area contributed by atoms with Crippen molar-refractivity contribution in [3.05, 3.63) is 87.1 Å². The normalized spacial score (nSPS) is 11.8. The van der Waals surface area contributed by atoms with Crippen LogP contribution in [0.3, 0.4) is 0 Å². The summed E-state index contributed by atoms with van der Waals surface area (Å²) in [7, 11) is 0. The first-order valence-corrected chi connectivity index (χ1v) is 9.20. The Morgan fingerprint density at radius 1 is 1.12 bits per heavy atom. The molecule has 5 heteroatoms. The van der Waals surface area contributed by atoms with Crippen LogP contribution in [0.25, 0.3) is 0 Å². The lowest BCUT2D eigenvalue weighted by molar-refractivity contribution is 0.0940. The van der Waals surface area contributed by atoms with Crippen LogP contribution in [0.4, 0.5) is 0 Å². The molecule has 0 aliphatic rings. The number of amides is 1. The molecule has 3 aromatic rings. The Kier molecular flexibility index (Phi) is 5.74. The molecule has 2 aromatic carbocycles. The molecule has 25 heavy (non-hydrogen) atoms. The van der Waals surface area contributed by atoms with Crippen molar-refractivity contribution >= 4 is 28.8 Å². The van der Waals surface area contributed by atoms with Gasteiger partial charge < -0.3 is 10.1 Å². The van der Waals surface area contributed by atoms with Crippen LogP contribution in [0, 0.1) is 0 Å². The fraction of sp³-hybridized carbons (Fsp3) is 0.150. The van der Waals surface area contributed by atoms with Crippen molar-refractivity contribution in [3.63, 3.8) is 0 Å². The van der Waals surface area contributed by atoms with Crippen LogP contribution in [-0.4, -0.2) is 5.91 Å². The second-order valence-electron chi connectivity index (χ2n) is 5.63. The quantitative estimate of drug-likeness (QED) is 0.623. The van der Waals surface area contributed by atoms with Crippen LogP contribution >= 0.6 is 22.9 Å². The highest BCUT2D eigenvalue weighted by atomic mass is 35.5. The Labute approximate surface area is 156 Å². The van der Waals surface area contributed by atoms with Gasteiger partial charge >= 0.3 is 0 Å². The van der Waals surface area contributed by atoms with E-state index >= 15 is 0 Å². The highest BCUT2D eigenvalue weighted by molar-refractivity contribution is 7.12. The van der Waals surface area contributed by atoms with Gasteiger partial charge in [0.1, 0.15) is 17.2 Å². The summed E-state index contributed by atoms with van der Waals surface area (Å²) in [6.45, 7) is 2.36. The summed E-state index contributed by atoms with van der Waals surface area (Å²) >= 11 is 7.26. The van der Waals surface area contributed by atoms with E-state index in [4.69, 9.17) is 16.3 Å². The number of nitrogens with one attached hydrogen (secondary N) is 1. The molecule has 128 valence electrons. The number of halogens is 1. The van der Waals surface area contributed by atoms with Gasteiger partial charge in [0.2, 0.25) is 0 Å². The molecule has 0 spiro atoms. The van der Waals surface area contributed by atoms with Crippen molar-refractivity contribution in [2.24, 2.45) is 0 Å². The fourth-order valence-electron chi connectivity index (χ4n) is 2.41. The minimum atomic E-state index is -0.127. The van der Waals surface area contributed by atoms with Gasteiger partial charge in [0.15, 0.2) is 0 Å². The van der Waals surface area contributed by atoms with Gasteiger partial charge in [0.25, 0.3) is 5.91 Å². The van der Waals surface area contributed by atoms with Crippen LogP contribution in [0.1, 0.15) is 33.8 Å². The Bertz CT molecular complexity index is 830. The van der Waals surface area contributed by atoms with Crippen LogP contribution in [0.2, 0.25) is 5.02 Å². The van der Waals surface area contributed by atoms with Gasteiger partial charge in [0.05, 0.1) is 6.04 Å². The zero-order chi connectivity index (χ0) is 17.6. The predicted octanol–water partition coefficient (Wildman–Crippen LogP) is 5.47. The number of benzene rings is 2. The van der Waals surface area contributed by atoms with Crippen molar-refractivity contribution in [1.82, 2.24) is 5.32 Å². The van der Waals surface area contributed by atoms with E-state index < -0.39 is 0 Å². The average molecular weight is 372 g/mol. The maximum atomic E-state index is 12.6. The first kappa shape index (κ1) is 17.5. The minimum Gasteiger partial charge on any atom is -0.487 e. The van der Waals surface area contributed by atoms with E-state index in [1.165, 1.54) is 11.3 Å². The largest absolute Gasteiger partial charge is 0.487 e. The summed E-state index contributed by atoms with van der Waals surface area (Å²) in [5, 5.41) is 5.57. The van der Waals surface area contributed by atoms with E-state index in [0.29, 0.717) is 22.3 Å². The highest BCUT2D eigenvalue weighted by Crippen LogP contribution is 2.26. The van der Waals surface area contributed by atoms with Crippen molar-refractivity contribution < 1.29 is 9.53 Å². The van der Waals surface area contributed by atoms with Crippen molar-refractivity contribution in [2.45, 2.75) is 19.6 Å². The third-order valence-corrected chi connectivity index (χ3v) is 4.94. The van der Waals surface area contributed by atoms with Crippen molar-refractivity contribution in [2.75, 3.05) is 0 Å². The average Bonchev–Trinajstić information content (AvgIpc) is 3.10. The lowest BCUT2D eigenvalue weighted by Crippen LogP contribution is -2.26. The van der Waals surface area contributed by atoms with E-state index in [-0.39, 0.29) is 11.9 Å². The molecule has 1 heterocycles. The number of ether oxygens (including phenoxy) is 1. The van der Waals surface area contributed by atoms with E-state index in [2.05, 4.69) is 5.32 Å². The van der Waals surface area contributed by atoms with Crippen molar-refractivity contribution in [3.8, 4) is 5.75 Å². The first-order valence-electron chi connectivity index (χ1n) is 7.94. The van der Waals surface area contributed by atoms with Crippen molar-refractivity contribution in [1.29, 1.82) is 0 Å². The van der Waals surface area contributed by atoms with Crippen LogP contribution in [-0.2, 0) is 6.61 Å². The van der Waals surface area contributed by atoms with Gasteiger partial charge in [0, 0.05) is 5.02 Å². The van der Waals surface area contributed by atoms with E-state index in [1.807, 2.05) is 73.0 Å². The Hall–Kier alpha value is -2.30. The highest BCUT2D eigenvalue weighted by Gasteiger charge is 2.17. The summed E-state index contributed by atoms with van der Waals surface area (Å²) in [4.78, 5) is 13.1. The molecule has 1 aromatic heterocycles. The Morgan fingerprint density at radius 2 is 1.84 bits per heavy atom. The molecule has 0 radical (unpaired) electrons. The fourth-order valence-corrected chi connectivity index (χ4v) is 3.27. The summed E-state index contributed by atoms with van der Waals surface area (Å²) < 4.78 is 5.82. The van der Waals surface area contributed by atoms with Gasteiger partial charge in [-0.2, -0.15) is 0 Å². The molecule has 0 saturated heterocycles. The lowest BCUT2D eigenvalue weighted by Gasteiger charge is -2.14. The Morgan fingerprint density at radius 3 is 2.56 bits per heavy atom.